The molecule has 1 saturated heterocycles. The molecule has 1 atom stereocenters. The number of hydrogen-bond donors (Lipinski definition) is 1. The summed E-state index contributed by atoms with van der Waals surface area (Å²) >= 11 is 6.40. The van der Waals surface area contributed by atoms with E-state index in [0.717, 1.165) is 56.0 Å². The second kappa shape index (κ2) is 9.10. The van der Waals surface area contributed by atoms with Gasteiger partial charge in [-0.25, -0.2) is 0 Å². The van der Waals surface area contributed by atoms with Gasteiger partial charge in [0.15, 0.2) is 0 Å². The molecule has 2 aliphatic rings. The fraction of sp³-hybridized carbons (Fsp3) is 0.346. The lowest BCUT2D eigenvalue weighted by atomic mass is 9.93. The van der Waals surface area contributed by atoms with Crippen molar-refractivity contribution < 1.29 is 9.53 Å². The fourth-order valence-electron chi connectivity index (χ4n) is 4.88. The van der Waals surface area contributed by atoms with Gasteiger partial charge in [0.2, 0.25) is 5.91 Å². The van der Waals surface area contributed by atoms with Crippen molar-refractivity contribution in [1.29, 1.82) is 0 Å². The van der Waals surface area contributed by atoms with E-state index in [1.54, 1.807) is 0 Å². The average molecular weight is 450 g/mol. The lowest BCUT2D eigenvalue weighted by Gasteiger charge is -2.37. The molecular formula is C26H28ClN3O2. The third kappa shape index (κ3) is 4.33. The van der Waals surface area contributed by atoms with Gasteiger partial charge in [-0.2, -0.15) is 0 Å². The summed E-state index contributed by atoms with van der Waals surface area (Å²) in [7, 11) is 0. The van der Waals surface area contributed by atoms with Gasteiger partial charge in [-0.05, 0) is 59.7 Å². The molecule has 1 amide bonds. The van der Waals surface area contributed by atoms with Crippen LogP contribution in [-0.4, -0.2) is 50.1 Å². The highest BCUT2D eigenvalue weighted by molar-refractivity contribution is 6.35. The minimum Gasteiger partial charge on any atom is -0.373 e. The van der Waals surface area contributed by atoms with Crippen LogP contribution in [0, 0.1) is 0 Å². The molecule has 5 nitrogen and oxygen atoms in total. The minimum atomic E-state index is -0.373. The molecule has 2 aliphatic heterocycles. The molecular weight excluding hydrogens is 422 g/mol. The summed E-state index contributed by atoms with van der Waals surface area (Å²) < 4.78 is 6.07. The summed E-state index contributed by atoms with van der Waals surface area (Å²) in [6, 6.07) is 18.4. The molecule has 0 radical (unpaired) electrons. The summed E-state index contributed by atoms with van der Waals surface area (Å²) in [5.74, 6) is -0.373. The summed E-state index contributed by atoms with van der Waals surface area (Å²) in [4.78, 5) is 16.4. The van der Waals surface area contributed by atoms with Crippen molar-refractivity contribution in [2.24, 2.45) is 5.73 Å². The third-order valence-corrected chi connectivity index (χ3v) is 7.05. The van der Waals surface area contributed by atoms with E-state index in [1.807, 2.05) is 30.3 Å². The normalized spacial score (nSPS) is 19.2. The van der Waals surface area contributed by atoms with Crippen molar-refractivity contribution >= 4 is 34.0 Å². The van der Waals surface area contributed by atoms with E-state index in [1.165, 1.54) is 22.2 Å². The van der Waals surface area contributed by atoms with Crippen LogP contribution < -0.4 is 10.6 Å². The zero-order chi connectivity index (χ0) is 22.1. The van der Waals surface area contributed by atoms with Crippen molar-refractivity contribution in [1.82, 2.24) is 4.90 Å². The van der Waals surface area contributed by atoms with Gasteiger partial charge >= 0.3 is 0 Å². The molecule has 32 heavy (non-hydrogen) atoms. The van der Waals surface area contributed by atoms with Gasteiger partial charge in [0.05, 0.1) is 12.7 Å². The SMILES string of the molecule is NC(=O)c1ccc2c(c1)CCO[C@H]2CCN1CCN(c2ccc3cccc(Cl)c3c2)CC1. The van der Waals surface area contributed by atoms with E-state index in [0.29, 0.717) is 12.2 Å². The molecule has 0 unspecified atom stereocenters. The van der Waals surface area contributed by atoms with E-state index in [4.69, 9.17) is 22.1 Å². The standard InChI is InChI=1S/C26H28ClN3O2/c27-24-3-1-2-18-4-6-21(17-23(18)24)30-13-11-29(12-14-30)10-8-25-22-7-5-20(26(28)31)16-19(22)9-15-32-25/h1-7,16-17,25H,8-15H2,(H2,28,31)/t25-/m0/s1. The Balaban J connectivity index is 1.19. The Morgan fingerprint density at radius 3 is 2.72 bits per heavy atom. The molecule has 166 valence electrons. The monoisotopic (exact) mass is 449 g/mol. The van der Waals surface area contributed by atoms with Crippen LogP contribution in [0.25, 0.3) is 10.8 Å². The lowest BCUT2D eigenvalue weighted by Crippen LogP contribution is -2.46. The van der Waals surface area contributed by atoms with E-state index < -0.39 is 0 Å². The number of amides is 1. The molecule has 6 heteroatoms. The number of ether oxygens (including phenoxy) is 1. The average Bonchev–Trinajstić information content (AvgIpc) is 2.82. The van der Waals surface area contributed by atoms with E-state index >= 15 is 0 Å². The number of piperazine rings is 1. The summed E-state index contributed by atoms with van der Waals surface area (Å²) in [6.07, 6.45) is 1.87. The predicted octanol–water partition coefficient (Wildman–Crippen LogP) is 4.42. The second-order valence-corrected chi connectivity index (χ2v) is 9.06. The largest absolute Gasteiger partial charge is 0.373 e. The maximum Gasteiger partial charge on any atom is 0.248 e. The molecule has 0 aliphatic carbocycles. The number of carbonyl (C=O) groups is 1. The Morgan fingerprint density at radius 2 is 1.91 bits per heavy atom. The van der Waals surface area contributed by atoms with Crippen molar-refractivity contribution in [3.8, 4) is 0 Å². The van der Waals surface area contributed by atoms with Gasteiger partial charge in [-0.3, -0.25) is 9.69 Å². The van der Waals surface area contributed by atoms with Crippen LogP contribution in [0.1, 0.15) is 34.0 Å². The highest BCUT2D eigenvalue weighted by Gasteiger charge is 2.24. The number of carbonyl (C=O) groups excluding carboxylic acids is 1. The highest BCUT2D eigenvalue weighted by Crippen LogP contribution is 2.31. The molecule has 5 rings (SSSR count). The van der Waals surface area contributed by atoms with Crippen LogP contribution in [0.4, 0.5) is 5.69 Å². The molecule has 0 spiro atoms. The molecule has 3 aromatic carbocycles. The maximum absolute atomic E-state index is 11.5. The van der Waals surface area contributed by atoms with Crippen molar-refractivity contribution in [3.63, 3.8) is 0 Å². The summed E-state index contributed by atoms with van der Waals surface area (Å²) in [5.41, 5.74) is 9.65. The van der Waals surface area contributed by atoms with Crippen LogP contribution in [0.3, 0.4) is 0 Å². The number of nitrogens with zero attached hydrogens (tertiary/aromatic N) is 2. The van der Waals surface area contributed by atoms with Gasteiger partial charge in [0.1, 0.15) is 0 Å². The van der Waals surface area contributed by atoms with Crippen LogP contribution in [0.5, 0.6) is 0 Å². The number of halogens is 1. The van der Waals surface area contributed by atoms with Gasteiger partial charge in [0, 0.05) is 54.4 Å². The first-order chi connectivity index (χ1) is 15.6. The Kier molecular flexibility index (Phi) is 6.05. The van der Waals surface area contributed by atoms with Crippen molar-refractivity contribution in [2.75, 3.05) is 44.2 Å². The van der Waals surface area contributed by atoms with Crippen molar-refractivity contribution in [2.45, 2.75) is 18.9 Å². The molecule has 1 fully saturated rings. The van der Waals surface area contributed by atoms with Crippen LogP contribution in [0.2, 0.25) is 5.02 Å². The van der Waals surface area contributed by atoms with Gasteiger partial charge in [-0.15, -0.1) is 0 Å². The van der Waals surface area contributed by atoms with E-state index in [-0.39, 0.29) is 12.0 Å². The van der Waals surface area contributed by atoms with E-state index in [2.05, 4.69) is 34.1 Å². The minimum absolute atomic E-state index is 0.0846. The molecule has 0 bridgehead atoms. The topological polar surface area (TPSA) is 58.8 Å². The number of anilines is 1. The first kappa shape index (κ1) is 21.3. The molecule has 0 aromatic heterocycles. The van der Waals surface area contributed by atoms with E-state index in [9.17, 15) is 4.79 Å². The van der Waals surface area contributed by atoms with Gasteiger partial charge in [0.25, 0.3) is 0 Å². The quantitative estimate of drug-likeness (QED) is 0.626. The fourth-order valence-corrected chi connectivity index (χ4v) is 5.11. The maximum atomic E-state index is 11.5. The Morgan fingerprint density at radius 1 is 1.06 bits per heavy atom. The first-order valence-electron chi connectivity index (χ1n) is 11.3. The smallest absolute Gasteiger partial charge is 0.248 e. The Hall–Kier alpha value is -2.60. The zero-order valence-corrected chi connectivity index (χ0v) is 18.9. The first-order valence-corrected chi connectivity index (χ1v) is 11.7. The molecule has 2 N–H and O–H groups in total. The van der Waals surface area contributed by atoms with Crippen LogP contribution in [0.15, 0.2) is 54.6 Å². The predicted molar refractivity (Wildman–Crippen MR) is 130 cm³/mol. The van der Waals surface area contributed by atoms with Gasteiger partial charge in [-0.1, -0.05) is 35.9 Å². The Bertz CT molecular complexity index is 1140. The number of rotatable bonds is 5. The van der Waals surface area contributed by atoms with Crippen LogP contribution >= 0.6 is 11.6 Å². The summed E-state index contributed by atoms with van der Waals surface area (Å²) in [5, 5.41) is 3.09. The number of fused-ring (bicyclic) bond motifs is 2. The van der Waals surface area contributed by atoms with Crippen LogP contribution in [-0.2, 0) is 11.2 Å². The third-order valence-electron chi connectivity index (χ3n) is 6.72. The highest BCUT2D eigenvalue weighted by atomic mass is 35.5. The van der Waals surface area contributed by atoms with Crippen molar-refractivity contribution in [3.05, 3.63) is 76.3 Å². The molecule has 3 aromatic rings. The lowest BCUT2D eigenvalue weighted by molar-refractivity contribution is 0.0289. The second-order valence-electron chi connectivity index (χ2n) is 8.65. The zero-order valence-electron chi connectivity index (χ0n) is 18.1. The number of benzene rings is 3. The number of primary amides is 1. The molecule has 2 heterocycles. The molecule has 0 saturated carbocycles. The summed E-state index contributed by atoms with van der Waals surface area (Å²) in [6.45, 7) is 5.75. The van der Waals surface area contributed by atoms with Gasteiger partial charge < -0.3 is 15.4 Å². The number of hydrogen-bond acceptors (Lipinski definition) is 4. The Labute approximate surface area is 193 Å². The number of nitrogens with two attached hydrogens (primary N) is 1.